The number of benzene rings is 1. The summed E-state index contributed by atoms with van der Waals surface area (Å²) in [5.41, 5.74) is 0.942. The zero-order valence-corrected chi connectivity index (χ0v) is 13.4. The van der Waals surface area contributed by atoms with Crippen molar-refractivity contribution in [2.75, 3.05) is 13.7 Å². The Morgan fingerprint density at radius 3 is 2.92 bits per heavy atom. The van der Waals surface area contributed by atoms with Crippen LogP contribution in [0.4, 0.5) is 9.18 Å². The maximum atomic E-state index is 13.2. The molecule has 3 unspecified atom stereocenters. The average molecular weight is 333 g/mol. The van der Waals surface area contributed by atoms with E-state index in [0.29, 0.717) is 6.42 Å². The number of likely N-dealkylation sites (N-methyl/N-ethyl adjacent to an activating group) is 1. The normalized spacial score (nSPS) is 26.3. The van der Waals surface area contributed by atoms with Crippen molar-refractivity contribution >= 4 is 18.2 Å². The number of rotatable bonds is 4. The van der Waals surface area contributed by atoms with Gasteiger partial charge in [0.15, 0.2) is 0 Å². The van der Waals surface area contributed by atoms with Crippen LogP contribution in [-0.4, -0.2) is 49.0 Å². The molecule has 3 rings (SSSR count). The Bertz CT molecular complexity index is 664. The number of ether oxygens (including phenoxy) is 1. The van der Waals surface area contributed by atoms with Gasteiger partial charge in [0, 0.05) is 13.3 Å². The van der Waals surface area contributed by atoms with Crippen LogP contribution >= 0.6 is 0 Å². The standard InChI is InChI=1S/C17H20FN3O3/c1-21-14(10-24-17(21)23)16(22)20-15-6-5-12(9-19-15)7-11-3-2-4-13(18)8-11/h2-4,8-9,12,14-15H,5-7,10H2,1H3,(H,20,22). The Morgan fingerprint density at radius 1 is 1.46 bits per heavy atom. The first kappa shape index (κ1) is 16.4. The van der Waals surface area contributed by atoms with Gasteiger partial charge in [0.05, 0.1) is 0 Å². The Balaban J connectivity index is 1.52. The van der Waals surface area contributed by atoms with Crippen LogP contribution in [0.15, 0.2) is 29.3 Å². The molecule has 2 heterocycles. The number of nitrogens with zero attached hydrogens (tertiary/aromatic N) is 2. The van der Waals surface area contributed by atoms with Gasteiger partial charge in [-0.2, -0.15) is 0 Å². The lowest BCUT2D eigenvalue weighted by Gasteiger charge is -2.25. The molecule has 24 heavy (non-hydrogen) atoms. The van der Waals surface area contributed by atoms with Crippen molar-refractivity contribution in [3.8, 4) is 0 Å². The lowest BCUT2D eigenvalue weighted by molar-refractivity contribution is -0.125. The summed E-state index contributed by atoms with van der Waals surface area (Å²) >= 11 is 0. The maximum Gasteiger partial charge on any atom is 0.410 e. The third-order valence-corrected chi connectivity index (χ3v) is 4.41. The van der Waals surface area contributed by atoms with Gasteiger partial charge in [-0.25, -0.2) is 9.18 Å². The summed E-state index contributed by atoms with van der Waals surface area (Å²) in [6.07, 6.45) is 3.37. The SMILES string of the molecule is CN1C(=O)OCC1C(=O)NC1CCC(Cc2cccc(F)c2)C=N1. The van der Waals surface area contributed by atoms with Crippen LogP contribution < -0.4 is 5.32 Å². The second-order valence-electron chi connectivity index (χ2n) is 6.20. The van der Waals surface area contributed by atoms with E-state index < -0.39 is 12.1 Å². The van der Waals surface area contributed by atoms with E-state index in [1.54, 1.807) is 13.1 Å². The van der Waals surface area contributed by atoms with Gasteiger partial charge < -0.3 is 10.1 Å². The number of halogens is 1. The summed E-state index contributed by atoms with van der Waals surface area (Å²) < 4.78 is 18.1. The van der Waals surface area contributed by atoms with Crippen molar-refractivity contribution in [2.24, 2.45) is 10.9 Å². The van der Waals surface area contributed by atoms with Crippen molar-refractivity contribution in [3.63, 3.8) is 0 Å². The number of hydrogen-bond donors (Lipinski definition) is 1. The van der Waals surface area contributed by atoms with E-state index in [2.05, 4.69) is 10.3 Å². The molecule has 6 nitrogen and oxygen atoms in total. The van der Waals surface area contributed by atoms with Gasteiger partial charge in [0.2, 0.25) is 5.91 Å². The number of hydrogen-bond acceptors (Lipinski definition) is 4. The first-order valence-electron chi connectivity index (χ1n) is 8.00. The number of carbonyl (C=O) groups is 2. The van der Waals surface area contributed by atoms with E-state index in [1.165, 1.54) is 17.0 Å². The molecular formula is C17H20FN3O3. The molecule has 0 radical (unpaired) electrons. The lowest BCUT2D eigenvalue weighted by atomic mass is 9.93. The van der Waals surface area contributed by atoms with Crippen LogP contribution in [-0.2, 0) is 16.0 Å². The topological polar surface area (TPSA) is 71.0 Å². The van der Waals surface area contributed by atoms with Crippen LogP contribution in [0.5, 0.6) is 0 Å². The zero-order chi connectivity index (χ0) is 17.1. The zero-order valence-electron chi connectivity index (χ0n) is 13.4. The maximum absolute atomic E-state index is 13.2. The van der Waals surface area contributed by atoms with Crippen LogP contribution in [0.1, 0.15) is 18.4 Å². The van der Waals surface area contributed by atoms with E-state index in [0.717, 1.165) is 18.4 Å². The molecule has 2 amide bonds. The molecule has 7 heteroatoms. The van der Waals surface area contributed by atoms with Gasteiger partial charge in [0.25, 0.3) is 0 Å². The minimum absolute atomic E-state index is 0.0692. The summed E-state index contributed by atoms with van der Waals surface area (Å²) in [6, 6.07) is 5.97. The summed E-state index contributed by atoms with van der Waals surface area (Å²) in [6.45, 7) is 0.0692. The molecule has 128 valence electrons. The van der Waals surface area contributed by atoms with Crippen molar-refractivity contribution in [2.45, 2.75) is 31.5 Å². The van der Waals surface area contributed by atoms with E-state index >= 15 is 0 Å². The quantitative estimate of drug-likeness (QED) is 0.912. The Labute approximate surface area is 139 Å². The second-order valence-corrected chi connectivity index (χ2v) is 6.20. The Hall–Kier alpha value is -2.44. The van der Waals surface area contributed by atoms with E-state index in [1.807, 2.05) is 12.3 Å². The third kappa shape index (κ3) is 3.72. The Morgan fingerprint density at radius 2 is 2.29 bits per heavy atom. The van der Waals surface area contributed by atoms with Crippen LogP contribution in [0.25, 0.3) is 0 Å². The largest absolute Gasteiger partial charge is 0.447 e. The minimum Gasteiger partial charge on any atom is -0.447 e. The van der Waals surface area contributed by atoms with Crippen molar-refractivity contribution < 1.29 is 18.7 Å². The van der Waals surface area contributed by atoms with Gasteiger partial charge in [-0.3, -0.25) is 14.7 Å². The second kappa shape index (κ2) is 6.98. The van der Waals surface area contributed by atoms with Gasteiger partial charge >= 0.3 is 6.09 Å². The summed E-state index contributed by atoms with van der Waals surface area (Å²) in [7, 11) is 1.54. The van der Waals surface area contributed by atoms with Gasteiger partial charge in [-0.05, 0) is 42.9 Å². The van der Waals surface area contributed by atoms with Crippen LogP contribution in [0.2, 0.25) is 0 Å². The fraction of sp³-hybridized carbons (Fsp3) is 0.471. The predicted octanol–water partition coefficient (Wildman–Crippen LogP) is 1.74. The highest BCUT2D eigenvalue weighted by Gasteiger charge is 2.36. The Kier molecular flexibility index (Phi) is 4.78. The smallest absolute Gasteiger partial charge is 0.410 e. The molecule has 0 aromatic heterocycles. The highest BCUT2D eigenvalue weighted by Crippen LogP contribution is 2.19. The molecule has 3 atom stereocenters. The molecule has 0 aliphatic carbocycles. The number of carbonyl (C=O) groups excluding carboxylic acids is 2. The molecule has 1 fully saturated rings. The molecule has 2 aliphatic rings. The molecule has 0 saturated carbocycles. The number of nitrogens with one attached hydrogen (secondary N) is 1. The van der Waals surface area contributed by atoms with Gasteiger partial charge in [-0.15, -0.1) is 0 Å². The lowest BCUT2D eigenvalue weighted by Crippen LogP contribution is -2.47. The summed E-state index contributed by atoms with van der Waals surface area (Å²) in [5, 5.41) is 2.83. The summed E-state index contributed by atoms with van der Waals surface area (Å²) in [4.78, 5) is 29.1. The molecule has 2 aliphatic heterocycles. The molecule has 1 N–H and O–H groups in total. The first-order chi connectivity index (χ1) is 11.5. The van der Waals surface area contributed by atoms with Crippen molar-refractivity contribution in [1.29, 1.82) is 0 Å². The monoisotopic (exact) mass is 333 g/mol. The van der Waals surface area contributed by atoms with Crippen molar-refractivity contribution in [1.82, 2.24) is 10.2 Å². The van der Waals surface area contributed by atoms with Crippen molar-refractivity contribution in [3.05, 3.63) is 35.6 Å². The number of amides is 2. The van der Waals surface area contributed by atoms with E-state index in [-0.39, 0.29) is 30.4 Å². The van der Waals surface area contributed by atoms with Crippen LogP contribution in [0.3, 0.4) is 0 Å². The molecule has 0 bridgehead atoms. The molecule has 1 aromatic carbocycles. The number of aliphatic imine (C=N–C) groups is 1. The van der Waals surface area contributed by atoms with Crippen LogP contribution in [0, 0.1) is 11.7 Å². The van der Waals surface area contributed by atoms with E-state index in [9.17, 15) is 14.0 Å². The highest BCUT2D eigenvalue weighted by molar-refractivity contribution is 5.88. The number of cyclic esters (lactones) is 1. The van der Waals surface area contributed by atoms with E-state index in [4.69, 9.17) is 4.74 Å². The fourth-order valence-corrected chi connectivity index (χ4v) is 2.98. The average Bonchev–Trinajstić information content (AvgIpc) is 2.89. The third-order valence-electron chi connectivity index (χ3n) is 4.41. The highest BCUT2D eigenvalue weighted by atomic mass is 19.1. The molecule has 1 aromatic rings. The first-order valence-corrected chi connectivity index (χ1v) is 8.00. The molecule has 0 spiro atoms. The van der Waals surface area contributed by atoms with Gasteiger partial charge in [0.1, 0.15) is 24.6 Å². The summed E-state index contributed by atoms with van der Waals surface area (Å²) in [5.74, 6) is -0.254. The fourth-order valence-electron chi connectivity index (χ4n) is 2.98. The predicted molar refractivity (Wildman–Crippen MR) is 86.1 cm³/mol. The van der Waals surface area contributed by atoms with Gasteiger partial charge in [-0.1, -0.05) is 12.1 Å². The molecular weight excluding hydrogens is 313 g/mol. The molecule has 1 saturated heterocycles. The minimum atomic E-state index is -0.599.